The van der Waals surface area contributed by atoms with E-state index in [9.17, 15) is 9.59 Å². The van der Waals surface area contributed by atoms with Crippen molar-refractivity contribution in [1.82, 2.24) is 0 Å². The summed E-state index contributed by atoms with van der Waals surface area (Å²) in [5, 5.41) is 8.63. The molecule has 1 aromatic rings. The van der Waals surface area contributed by atoms with Crippen molar-refractivity contribution in [2.24, 2.45) is 5.92 Å². The molecule has 1 fully saturated rings. The van der Waals surface area contributed by atoms with Crippen molar-refractivity contribution in [2.75, 3.05) is 0 Å². The SMILES string of the molecule is O=C(O)CCc1ccc(C(=O)C2CCCCC2)cc1. The molecule has 1 N–H and O–H groups in total. The van der Waals surface area contributed by atoms with Crippen molar-refractivity contribution in [1.29, 1.82) is 0 Å². The number of carboxylic acid groups (broad SMARTS) is 1. The predicted molar refractivity (Wildman–Crippen MR) is 73.3 cm³/mol. The van der Waals surface area contributed by atoms with Crippen LogP contribution in [0.3, 0.4) is 0 Å². The summed E-state index contributed by atoms with van der Waals surface area (Å²) in [5.74, 6) is -0.342. The molecule has 1 aliphatic carbocycles. The van der Waals surface area contributed by atoms with Gasteiger partial charge in [-0.15, -0.1) is 0 Å². The third-order valence-corrected chi connectivity index (χ3v) is 3.84. The van der Waals surface area contributed by atoms with Gasteiger partial charge < -0.3 is 5.11 Å². The minimum atomic E-state index is -0.789. The van der Waals surface area contributed by atoms with Crippen LogP contribution in [0, 0.1) is 5.92 Å². The van der Waals surface area contributed by atoms with E-state index in [0.29, 0.717) is 6.42 Å². The number of carboxylic acids is 1. The topological polar surface area (TPSA) is 54.4 Å². The molecule has 1 aromatic carbocycles. The number of Topliss-reactive ketones (excluding diaryl/α,β-unsaturated/α-hetero) is 1. The number of ketones is 1. The first-order valence-corrected chi connectivity index (χ1v) is 7.02. The van der Waals surface area contributed by atoms with E-state index >= 15 is 0 Å². The molecular weight excluding hydrogens is 240 g/mol. The van der Waals surface area contributed by atoms with Gasteiger partial charge in [-0.3, -0.25) is 9.59 Å². The van der Waals surface area contributed by atoms with Crippen molar-refractivity contribution in [2.45, 2.75) is 44.9 Å². The van der Waals surface area contributed by atoms with Gasteiger partial charge in [-0.25, -0.2) is 0 Å². The summed E-state index contributed by atoms with van der Waals surface area (Å²) in [6.07, 6.45) is 6.25. The van der Waals surface area contributed by atoms with E-state index in [-0.39, 0.29) is 18.1 Å². The molecule has 0 saturated heterocycles. The first kappa shape index (κ1) is 13.8. The Hall–Kier alpha value is -1.64. The molecule has 0 spiro atoms. The van der Waals surface area contributed by atoms with E-state index < -0.39 is 5.97 Å². The highest BCUT2D eigenvalue weighted by Gasteiger charge is 2.22. The lowest BCUT2D eigenvalue weighted by molar-refractivity contribution is -0.136. The first-order chi connectivity index (χ1) is 9.16. The molecular formula is C16H20O3. The van der Waals surface area contributed by atoms with Crippen LogP contribution in [0.15, 0.2) is 24.3 Å². The van der Waals surface area contributed by atoms with Crippen LogP contribution in [-0.2, 0) is 11.2 Å². The maximum Gasteiger partial charge on any atom is 0.303 e. The average Bonchev–Trinajstić information content (AvgIpc) is 2.46. The summed E-state index contributed by atoms with van der Waals surface area (Å²) < 4.78 is 0. The minimum absolute atomic E-state index is 0.135. The number of aliphatic carboxylic acids is 1. The Morgan fingerprint density at radius 3 is 2.26 bits per heavy atom. The van der Waals surface area contributed by atoms with Crippen molar-refractivity contribution in [3.05, 3.63) is 35.4 Å². The summed E-state index contributed by atoms with van der Waals surface area (Å²) in [7, 11) is 0. The number of aryl methyl sites for hydroxylation is 1. The zero-order chi connectivity index (χ0) is 13.7. The lowest BCUT2D eigenvalue weighted by atomic mass is 9.84. The summed E-state index contributed by atoms with van der Waals surface area (Å²) in [6.45, 7) is 0. The average molecular weight is 260 g/mol. The molecule has 0 bridgehead atoms. The van der Waals surface area contributed by atoms with Crippen molar-refractivity contribution in [3.63, 3.8) is 0 Å². The molecule has 1 aliphatic rings. The van der Waals surface area contributed by atoms with Crippen LogP contribution in [0.25, 0.3) is 0 Å². The van der Waals surface area contributed by atoms with Crippen LogP contribution in [0.2, 0.25) is 0 Å². The molecule has 0 heterocycles. The molecule has 0 atom stereocenters. The molecule has 3 heteroatoms. The molecule has 1 saturated carbocycles. The molecule has 3 nitrogen and oxygen atoms in total. The molecule has 0 radical (unpaired) electrons. The highest BCUT2D eigenvalue weighted by molar-refractivity contribution is 5.97. The monoisotopic (exact) mass is 260 g/mol. The van der Waals surface area contributed by atoms with Crippen molar-refractivity contribution < 1.29 is 14.7 Å². The van der Waals surface area contributed by atoms with Crippen LogP contribution in [-0.4, -0.2) is 16.9 Å². The fourth-order valence-corrected chi connectivity index (χ4v) is 2.69. The van der Waals surface area contributed by atoms with Crippen LogP contribution >= 0.6 is 0 Å². The number of hydrogen-bond donors (Lipinski definition) is 1. The Morgan fingerprint density at radius 1 is 1.05 bits per heavy atom. The van der Waals surface area contributed by atoms with E-state index in [1.165, 1.54) is 6.42 Å². The predicted octanol–water partition coefficient (Wildman–Crippen LogP) is 3.47. The lowest BCUT2D eigenvalue weighted by Crippen LogP contribution is -2.17. The molecule has 2 rings (SSSR count). The third kappa shape index (κ3) is 3.91. The molecule has 19 heavy (non-hydrogen) atoms. The number of benzene rings is 1. The number of hydrogen-bond acceptors (Lipinski definition) is 2. The quantitative estimate of drug-likeness (QED) is 0.825. The maximum atomic E-state index is 12.3. The van der Waals surface area contributed by atoms with Gasteiger partial charge in [0.15, 0.2) is 5.78 Å². The van der Waals surface area contributed by atoms with Gasteiger partial charge in [0.05, 0.1) is 0 Å². The van der Waals surface area contributed by atoms with Gasteiger partial charge in [0.25, 0.3) is 0 Å². The number of rotatable bonds is 5. The summed E-state index contributed by atoms with van der Waals surface area (Å²) >= 11 is 0. The van der Waals surface area contributed by atoms with Crippen LogP contribution in [0.1, 0.15) is 54.4 Å². The van der Waals surface area contributed by atoms with E-state index in [1.54, 1.807) is 0 Å². The molecule has 0 aliphatic heterocycles. The second kappa shape index (κ2) is 6.50. The second-order valence-corrected chi connectivity index (χ2v) is 5.29. The lowest BCUT2D eigenvalue weighted by Gasteiger charge is -2.20. The van der Waals surface area contributed by atoms with Crippen LogP contribution in [0.4, 0.5) is 0 Å². The summed E-state index contributed by atoms with van der Waals surface area (Å²) in [4.78, 5) is 22.8. The Balaban J connectivity index is 1.97. The van der Waals surface area contributed by atoms with Gasteiger partial charge in [0.1, 0.15) is 0 Å². The van der Waals surface area contributed by atoms with Gasteiger partial charge in [-0.2, -0.15) is 0 Å². The van der Waals surface area contributed by atoms with Gasteiger partial charge in [-0.1, -0.05) is 43.5 Å². The molecule has 0 amide bonds. The van der Waals surface area contributed by atoms with Gasteiger partial charge in [-0.05, 0) is 24.8 Å². The second-order valence-electron chi connectivity index (χ2n) is 5.29. The van der Waals surface area contributed by atoms with E-state index in [1.807, 2.05) is 24.3 Å². The molecule has 0 aromatic heterocycles. The summed E-state index contributed by atoms with van der Waals surface area (Å²) in [6, 6.07) is 7.43. The normalized spacial score (nSPS) is 16.2. The fraction of sp³-hybridized carbons (Fsp3) is 0.500. The zero-order valence-corrected chi connectivity index (χ0v) is 11.1. The molecule has 0 unspecified atom stereocenters. The molecule has 102 valence electrons. The van der Waals surface area contributed by atoms with Crippen molar-refractivity contribution in [3.8, 4) is 0 Å². The van der Waals surface area contributed by atoms with E-state index in [4.69, 9.17) is 5.11 Å². The van der Waals surface area contributed by atoms with Crippen LogP contribution in [0.5, 0.6) is 0 Å². The Kier molecular flexibility index (Phi) is 4.72. The van der Waals surface area contributed by atoms with E-state index in [0.717, 1.165) is 36.8 Å². The fourth-order valence-electron chi connectivity index (χ4n) is 2.69. The third-order valence-electron chi connectivity index (χ3n) is 3.84. The zero-order valence-electron chi connectivity index (χ0n) is 11.1. The number of carbonyl (C=O) groups excluding carboxylic acids is 1. The Labute approximate surface area is 113 Å². The van der Waals surface area contributed by atoms with E-state index in [2.05, 4.69) is 0 Å². The minimum Gasteiger partial charge on any atom is -0.481 e. The first-order valence-electron chi connectivity index (χ1n) is 7.02. The standard InChI is InChI=1S/C16H20O3/c17-15(18)11-8-12-6-9-14(10-7-12)16(19)13-4-2-1-3-5-13/h6-7,9-10,13H,1-5,8,11H2,(H,17,18). The largest absolute Gasteiger partial charge is 0.481 e. The van der Waals surface area contributed by atoms with Crippen LogP contribution < -0.4 is 0 Å². The highest BCUT2D eigenvalue weighted by atomic mass is 16.4. The number of carbonyl (C=O) groups is 2. The summed E-state index contributed by atoms with van der Waals surface area (Å²) in [5.41, 5.74) is 1.74. The maximum absolute atomic E-state index is 12.3. The Morgan fingerprint density at radius 2 is 1.68 bits per heavy atom. The van der Waals surface area contributed by atoms with Gasteiger partial charge in [0.2, 0.25) is 0 Å². The smallest absolute Gasteiger partial charge is 0.303 e. The Bertz CT molecular complexity index is 442. The van der Waals surface area contributed by atoms with Crippen molar-refractivity contribution >= 4 is 11.8 Å². The van der Waals surface area contributed by atoms with Gasteiger partial charge >= 0.3 is 5.97 Å². The highest BCUT2D eigenvalue weighted by Crippen LogP contribution is 2.27. The van der Waals surface area contributed by atoms with Gasteiger partial charge in [0, 0.05) is 17.9 Å².